The number of ketones is 1. The Morgan fingerprint density at radius 3 is 2.53 bits per heavy atom. The van der Waals surface area contributed by atoms with E-state index in [4.69, 9.17) is 0 Å². The molecule has 1 aromatic carbocycles. The van der Waals surface area contributed by atoms with Crippen LogP contribution in [0.3, 0.4) is 0 Å². The van der Waals surface area contributed by atoms with Crippen molar-refractivity contribution >= 4 is 11.7 Å². The van der Waals surface area contributed by atoms with Crippen molar-refractivity contribution in [2.24, 2.45) is 0 Å². The minimum atomic E-state index is -1.46. The van der Waals surface area contributed by atoms with Gasteiger partial charge in [0, 0.05) is 6.42 Å². The quantitative estimate of drug-likeness (QED) is 0.747. The lowest BCUT2D eigenvalue weighted by Crippen LogP contribution is -2.44. The number of carbonyl (C=O) groups excluding carboxylic acids is 2. The van der Waals surface area contributed by atoms with E-state index in [1.807, 2.05) is 30.3 Å². The molecule has 17 heavy (non-hydrogen) atoms. The predicted molar refractivity (Wildman–Crippen MR) is 62.0 cm³/mol. The number of hydrogen-bond donors (Lipinski definition) is 2. The normalized spacial score (nSPS) is 23.2. The van der Waals surface area contributed by atoms with Crippen molar-refractivity contribution in [3.63, 3.8) is 0 Å². The molecule has 0 bridgehead atoms. The maximum absolute atomic E-state index is 11.5. The maximum Gasteiger partial charge on any atom is 0.257 e. The Kier molecular flexibility index (Phi) is 2.81. The molecule has 0 aromatic heterocycles. The minimum absolute atomic E-state index is 0.0171. The van der Waals surface area contributed by atoms with Gasteiger partial charge in [-0.05, 0) is 18.6 Å². The Balaban J connectivity index is 2.22. The molecule has 2 N–H and O–H groups in total. The number of hydrogen-bond acceptors (Lipinski definition) is 3. The summed E-state index contributed by atoms with van der Waals surface area (Å²) in [5.41, 5.74) is -0.556. The first-order chi connectivity index (χ1) is 8.00. The topological polar surface area (TPSA) is 66.4 Å². The van der Waals surface area contributed by atoms with Crippen LogP contribution in [0.2, 0.25) is 0 Å². The lowest BCUT2D eigenvalue weighted by atomic mass is 10.0. The molecule has 1 amide bonds. The molecule has 4 heteroatoms. The molecule has 0 fully saturated rings. The van der Waals surface area contributed by atoms with E-state index in [9.17, 15) is 14.7 Å². The largest absolute Gasteiger partial charge is 0.367 e. The molecule has 1 aromatic rings. The van der Waals surface area contributed by atoms with Crippen LogP contribution < -0.4 is 5.32 Å². The monoisotopic (exact) mass is 231 g/mol. The number of benzene rings is 1. The fourth-order valence-corrected chi connectivity index (χ4v) is 1.87. The summed E-state index contributed by atoms with van der Waals surface area (Å²) in [4.78, 5) is 22.6. The highest BCUT2D eigenvalue weighted by Crippen LogP contribution is 2.20. The number of amides is 1. The lowest BCUT2D eigenvalue weighted by Gasteiger charge is -2.20. The highest BCUT2D eigenvalue weighted by atomic mass is 16.3. The zero-order valence-corrected chi connectivity index (χ0v) is 9.43. The molecule has 1 aliphatic rings. The summed E-state index contributed by atoms with van der Waals surface area (Å²) in [5.74, 6) is -0.859. The molecule has 1 aliphatic heterocycles. The van der Waals surface area contributed by atoms with Gasteiger partial charge in [-0.25, -0.2) is 0 Å². The van der Waals surface area contributed by atoms with Crippen LogP contribution in [0.1, 0.15) is 12.5 Å². The number of rotatable bonds is 3. The number of Topliss-reactive ketones (excluding diaryl/α,β-unsaturated/α-hetero) is 1. The molecule has 0 aliphatic carbocycles. The van der Waals surface area contributed by atoms with Gasteiger partial charge in [0.15, 0.2) is 11.5 Å². The van der Waals surface area contributed by atoms with Crippen molar-refractivity contribution in [3.8, 4) is 0 Å². The van der Waals surface area contributed by atoms with E-state index in [2.05, 4.69) is 5.32 Å². The summed E-state index contributed by atoms with van der Waals surface area (Å²) in [6.45, 7) is 1.31. The molecular formula is C13H13NO3. The third-order valence-electron chi connectivity index (χ3n) is 2.65. The van der Waals surface area contributed by atoms with Gasteiger partial charge < -0.3 is 10.4 Å². The first kappa shape index (κ1) is 11.5. The Hall–Kier alpha value is -1.94. The van der Waals surface area contributed by atoms with Crippen LogP contribution >= 0.6 is 0 Å². The van der Waals surface area contributed by atoms with E-state index < -0.39 is 11.6 Å². The molecule has 2 rings (SSSR count). The minimum Gasteiger partial charge on any atom is -0.367 e. The first-order valence-corrected chi connectivity index (χ1v) is 5.33. The highest BCUT2D eigenvalue weighted by molar-refractivity contribution is 6.20. The van der Waals surface area contributed by atoms with Crippen LogP contribution in [-0.4, -0.2) is 22.5 Å². The first-order valence-electron chi connectivity index (χ1n) is 5.33. The summed E-state index contributed by atoms with van der Waals surface area (Å²) in [7, 11) is 0. The summed E-state index contributed by atoms with van der Waals surface area (Å²) in [5, 5.41) is 12.6. The molecule has 0 spiro atoms. The van der Waals surface area contributed by atoms with Gasteiger partial charge >= 0.3 is 0 Å². The lowest BCUT2D eigenvalue weighted by molar-refractivity contribution is -0.123. The summed E-state index contributed by atoms with van der Waals surface area (Å²) >= 11 is 0. The zero-order valence-electron chi connectivity index (χ0n) is 9.43. The molecule has 88 valence electrons. The second-order valence-electron chi connectivity index (χ2n) is 4.15. The summed E-state index contributed by atoms with van der Waals surface area (Å²) in [6, 6.07) is 9.28. The van der Waals surface area contributed by atoms with Crippen LogP contribution in [0.15, 0.2) is 42.0 Å². The van der Waals surface area contributed by atoms with Gasteiger partial charge in [0.25, 0.3) is 5.91 Å². The predicted octanol–water partition coefficient (Wildman–Crippen LogP) is 0.563. The number of nitrogens with one attached hydrogen (secondary N) is 1. The maximum atomic E-state index is 11.5. The molecular weight excluding hydrogens is 218 g/mol. The Morgan fingerprint density at radius 2 is 2.00 bits per heavy atom. The van der Waals surface area contributed by atoms with Crippen molar-refractivity contribution in [2.45, 2.75) is 19.1 Å². The van der Waals surface area contributed by atoms with Crippen molar-refractivity contribution in [1.29, 1.82) is 0 Å². The second kappa shape index (κ2) is 4.14. The standard InChI is InChI=1S/C13H13NO3/c1-9(15)11-8-13(17,14-12(11)16)7-10-5-3-2-4-6-10/h2-6,8,17H,7H2,1H3,(H,14,16). The Morgan fingerprint density at radius 1 is 1.35 bits per heavy atom. The number of aliphatic hydroxyl groups is 1. The van der Waals surface area contributed by atoms with Gasteiger partial charge in [0.1, 0.15) is 0 Å². The molecule has 1 atom stereocenters. The van der Waals surface area contributed by atoms with E-state index in [1.165, 1.54) is 13.0 Å². The van der Waals surface area contributed by atoms with Crippen molar-refractivity contribution in [3.05, 3.63) is 47.5 Å². The number of carbonyl (C=O) groups is 2. The summed E-state index contributed by atoms with van der Waals surface area (Å²) in [6.07, 6.45) is 1.54. The summed E-state index contributed by atoms with van der Waals surface area (Å²) < 4.78 is 0. The van der Waals surface area contributed by atoms with Gasteiger partial charge in [-0.3, -0.25) is 9.59 Å². The van der Waals surface area contributed by atoms with Gasteiger partial charge in [0.05, 0.1) is 5.57 Å². The third kappa shape index (κ3) is 2.42. The van der Waals surface area contributed by atoms with E-state index in [0.717, 1.165) is 5.56 Å². The van der Waals surface area contributed by atoms with Crippen LogP contribution in [-0.2, 0) is 16.0 Å². The Labute approximate surface area is 99.0 Å². The zero-order chi connectivity index (χ0) is 12.5. The molecule has 4 nitrogen and oxygen atoms in total. The van der Waals surface area contributed by atoms with Crippen LogP contribution in [0.4, 0.5) is 0 Å². The Bertz CT molecular complexity index is 493. The van der Waals surface area contributed by atoms with Crippen LogP contribution in [0.5, 0.6) is 0 Å². The van der Waals surface area contributed by atoms with Crippen molar-refractivity contribution in [1.82, 2.24) is 5.32 Å². The fraction of sp³-hybridized carbons (Fsp3) is 0.231. The fourth-order valence-electron chi connectivity index (χ4n) is 1.87. The molecule has 0 saturated carbocycles. The van der Waals surface area contributed by atoms with E-state index in [-0.39, 0.29) is 17.8 Å². The highest BCUT2D eigenvalue weighted by Gasteiger charge is 2.36. The molecule has 0 radical (unpaired) electrons. The van der Waals surface area contributed by atoms with Crippen LogP contribution in [0, 0.1) is 0 Å². The average Bonchev–Trinajstić information content (AvgIpc) is 2.55. The van der Waals surface area contributed by atoms with E-state index in [1.54, 1.807) is 0 Å². The SMILES string of the molecule is CC(=O)C1=CC(O)(Cc2ccccc2)NC1=O. The van der Waals surface area contributed by atoms with Crippen molar-refractivity contribution in [2.75, 3.05) is 0 Å². The molecule has 0 saturated heterocycles. The van der Waals surface area contributed by atoms with E-state index >= 15 is 0 Å². The molecule has 1 unspecified atom stereocenters. The molecule has 1 heterocycles. The van der Waals surface area contributed by atoms with Gasteiger partial charge in [-0.15, -0.1) is 0 Å². The van der Waals surface area contributed by atoms with Gasteiger partial charge in [-0.2, -0.15) is 0 Å². The smallest absolute Gasteiger partial charge is 0.257 e. The van der Waals surface area contributed by atoms with Crippen LogP contribution in [0.25, 0.3) is 0 Å². The van der Waals surface area contributed by atoms with Gasteiger partial charge in [0.2, 0.25) is 0 Å². The second-order valence-corrected chi connectivity index (χ2v) is 4.15. The van der Waals surface area contributed by atoms with E-state index in [0.29, 0.717) is 0 Å². The third-order valence-corrected chi connectivity index (χ3v) is 2.65. The van der Waals surface area contributed by atoms with Crippen molar-refractivity contribution < 1.29 is 14.7 Å². The average molecular weight is 231 g/mol. The van der Waals surface area contributed by atoms with Gasteiger partial charge in [-0.1, -0.05) is 30.3 Å².